The maximum absolute atomic E-state index is 12.3. The van der Waals surface area contributed by atoms with E-state index in [9.17, 15) is 4.79 Å². The van der Waals surface area contributed by atoms with Crippen molar-refractivity contribution < 1.29 is 9.53 Å². The van der Waals surface area contributed by atoms with Crippen LogP contribution in [-0.4, -0.2) is 25.1 Å². The van der Waals surface area contributed by atoms with E-state index in [-0.39, 0.29) is 11.9 Å². The van der Waals surface area contributed by atoms with Crippen molar-refractivity contribution in [1.82, 2.24) is 5.32 Å². The summed E-state index contributed by atoms with van der Waals surface area (Å²) in [5, 5.41) is 6.29. The molecule has 0 aliphatic carbocycles. The Morgan fingerprint density at radius 2 is 1.92 bits per heavy atom. The lowest BCUT2D eigenvalue weighted by molar-refractivity contribution is -0.118. The average molecular weight is 338 g/mol. The Hall–Kier alpha value is -2.17. The number of amides is 1. The molecule has 2 aromatic rings. The minimum absolute atomic E-state index is 0.0573. The van der Waals surface area contributed by atoms with Gasteiger partial charge in [0.1, 0.15) is 0 Å². The fourth-order valence-electron chi connectivity index (χ4n) is 3.07. The van der Waals surface area contributed by atoms with Gasteiger partial charge in [0.25, 0.3) is 0 Å². The van der Waals surface area contributed by atoms with Gasteiger partial charge in [0.2, 0.25) is 5.91 Å². The molecule has 1 atom stereocenters. The molecule has 0 aromatic heterocycles. The van der Waals surface area contributed by atoms with Gasteiger partial charge in [-0.15, -0.1) is 0 Å². The third-order valence-corrected chi connectivity index (χ3v) is 4.47. The normalized spacial score (nSPS) is 17.2. The molecule has 1 heterocycles. The lowest BCUT2D eigenvalue weighted by atomic mass is 10.0. The Balaban J connectivity index is 1.45. The highest BCUT2D eigenvalue weighted by atomic mass is 16.5. The van der Waals surface area contributed by atoms with Crippen molar-refractivity contribution in [2.75, 3.05) is 18.5 Å². The smallest absolute Gasteiger partial charge is 0.241 e. The largest absolute Gasteiger partial charge is 0.376 e. The maximum atomic E-state index is 12.3. The predicted octanol–water partition coefficient (Wildman–Crippen LogP) is 3.53. The number of anilines is 1. The third-order valence-electron chi connectivity index (χ3n) is 4.47. The van der Waals surface area contributed by atoms with Crippen LogP contribution < -0.4 is 10.6 Å². The van der Waals surface area contributed by atoms with E-state index in [1.165, 1.54) is 5.56 Å². The molecule has 1 aliphatic heterocycles. The lowest BCUT2D eigenvalue weighted by Crippen LogP contribution is -2.43. The Labute approximate surface area is 149 Å². The van der Waals surface area contributed by atoms with Crippen LogP contribution in [0.3, 0.4) is 0 Å². The second-order valence-electron chi connectivity index (χ2n) is 6.48. The van der Waals surface area contributed by atoms with Crippen LogP contribution in [0.1, 0.15) is 30.4 Å². The Morgan fingerprint density at radius 3 is 2.72 bits per heavy atom. The molecule has 1 aliphatic rings. The van der Waals surface area contributed by atoms with E-state index in [0.717, 1.165) is 43.5 Å². The van der Waals surface area contributed by atoms with Crippen molar-refractivity contribution in [3.63, 3.8) is 0 Å². The zero-order valence-electron chi connectivity index (χ0n) is 14.5. The molecule has 25 heavy (non-hydrogen) atoms. The highest BCUT2D eigenvalue weighted by Crippen LogP contribution is 2.14. The molecule has 0 radical (unpaired) electrons. The number of carbonyl (C=O) groups is 1. The topological polar surface area (TPSA) is 50.4 Å². The zero-order valence-corrected chi connectivity index (χ0v) is 14.5. The van der Waals surface area contributed by atoms with E-state index in [1.54, 1.807) is 0 Å². The number of piperidine rings is 1. The van der Waals surface area contributed by atoms with Gasteiger partial charge in [-0.3, -0.25) is 4.79 Å². The van der Waals surface area contributed by atoms with Gasteiger partial charge in [0.15, 0.2) is 0 Å². The van der Waals surface area contributed by atoms with Gasteiger partial charge in [-0.05, 0) is 49.1 Å². The molecule has 1 saturated heterocycles. The van der Waals surface area contributed by atoms with Crippen LogP contribution in [0.2, 0.25) is 0 Å². The predicted molar refractivity (Wildman–Crippen MR) is 101 cm³/mol. The molecule has 4 nitrogen and oxygen atoms in total. The van der Waals surface area contributed by atoms with Crippen molar-refractivity contribution in [1.29, 1.82) is 0 Å². The molecule has 4 heteroatoms. The van der Waals surface area contributed by atoms with Crippen molar-refractivity contribution in [2.24, 2.45) is 0 Å². The van der Waals surface area contributed by atoms with Gasteiger partial charge in [-0.25, -0.2) is 0 Å². The minimum atomic E-state index is -0.0699. The van der Waals surface area contributed by atoms with Crippen molar-refractivity contribution in [3.8, 4) is 0 Å². The Morgan fingerprint density at radius 1 is 1.08 bits per heavy atom. The number of hydrogen-bond acceptors (Lipinski definition) is 3. The Bertz CT molecular complexity index is 667. The third kappa shape index (κ3) is 5.69. The summed E-state index contributed by atoms with van der Waals surface area (Å²) in [7, 11) is 0. The second-order valence-corrected chi connectivity index (χ2v) is 6.48. The monoisotopic (exact) mass is 338 g/mol. The van der Waals surface area contributed by atoms with Crippen LogP contribution in [0.25, 0.3) is 0 Å². The van der Waals surface area contributed by atoms with Crippen LogP contribution in [0.15, 0.2) is 54.6 Å². The second kappa shape index (κ2) is 9.35. The number of hydrogen-bond donors (Lipinski definition) is 2. The molecule has 2 aromatic carbocycles. The van der Waals surface area contributed by atoms with Crippen LogP contribution in [0.4, 0.5) is 5.69 Å². The molecule has 0 bridgehead atoms. The highest BCUT2D eigenvalue weighted by Gasteiger charge is 2.20. The summed E-state index contributed by atoms with van der Waals surface area (Å²) in [4.78, 5) is 12.3. The number of nitrogens with one attached hydrogen (secondary N) is 2. The molecule has 0 spiro atoms. The van der Waals surface area contributed by atoms with Gasteiger partial charge in [-0.1, -0.05) is 48.9 Å². The van der Waals surface area contributed by atoms with Gasteiger partial charge < -0.3 is 15.4 Å². The minimum Gasteiger partial charge on any atom is -0.376 e. The molecular weight excluding hydrogens is 312 g/mol. The summed E-state index contributed by atoms with van der Waals surface area (Å²) in [6.45, 7) is 2.16. The van der Waals surface area contributed by atoms with Crippen molar-refractivity contribution in [2.45, 2.75) is 38.3 Å². The summed E-state index contributed by atoms with van der Waals surface area (Å²) in [5.74, 6) is 0.0573. The fourth-order valence-corrected chi connectivity index (χ4v) is 3.07. The van der Waals surface area contributed by atoms with Gasteiger partial charge >= 0.3 is 0 Å². The summed E-state index contributed by atoms with van der Waals surface area (Å²) < 4.78 is 5.77. The first-order valence-corrected chi connectivity index (χ1v) is 9.06. The fraction of sp³-hybridized carbons (Fsp3) is 0.381. The SMILES string of the molecule is O=C(Nc1cccc(COCCc2ccccc2)c1)C1CCCCN1. The summed E-state index contributed by atoms with van der Waals surface area (Å²) in [5.41, 5.74) is 3.19. The van der Waals surface area contributed by atoms with Crippen molar-refractivity contribution in [3.05, 3.63) is 65.7 Å². The van der Waals surface area contributed by atoms with E-state index in [2.05, 4.69) is 22.8 Å². The molecule has 1 unspecified atom stereocenters. The number of benzene rings is 2. The summed E-state index contributed by atoms with van der Waals surface area (Å²) in [6, 6.07) is 18.2. The van der Waals surface area contributed by atoms with E-state index >= 15 is 0 Å². The van der Waals surface area contributed by atoms with Crippen LogP contribution >= 0.6 is 0 Å². The van der Waals surface area contributed by atoms with Crippen LogP contribution in [0, 0.1) is 0 Å². The van der Waals surface area contributed by atoms with E-state index in [4.69, 9.17) is 4.74 Å². The quantitative estimate of drug-likeness (QED) is 0.760. The van der Waals surface area contributed by atoms with E-state index in [0.29, 0.717) is 13.2 Å². The first-order chi connectivity index (χ1) is 12.3. The molecule has 1 fully saturated rings. The molecule has 1 amide bonds. The standard InChI is InChI=1S/C21H26N2O2/c24-21(20-11-4-5-13-22-20)23-19-10-6-9-18(15-19)16-25-14-12-17-7-2-1-3-8-17/h1-3,6-10,15,20,22H,4-5,11-14,16H2,(H,23,24). The van der Waals surface area contributed by atoms with Crippen molar-refractivity contribution >= 4 is 11.6 Å². The first kappa shape index (κ1) is 17.6. The van der Waals surface area contributed by atoms with Gasteiger partial charge in [-0.2, -0.15) is 0 Å². The molecule has 0 saturated carbocycles. The average Bonchev–Trinajstić information content (AvgIpc) is 2.67. The maximum Gasteiger partial charge on any atom is 0.241 e. The van der Waals surface area contributed by atoms with Crippen LogP contribution in [0.5, 0.6) is 0 Å². The summed E-state index contributed by atoms with van der Waals surface area (Å²) >= 11 is 0. The number of ether oxygens (including phenoxy) is 1. The molecule has 2 N–H and O–H groups in total. The van der Waals surface area contributed by atoms with E-state index in [1.807, 2.05) is 42.5 Å². The summed E-state index contributed by atoms with van der Waals surface area (Å²) in [6.07, 6.45) is 4.08. The van der Waals surface area contributed by atoms with Gasteiger partial charge in [0, 0.05) is 5.69 Å². The lowest BCUT2D eigenvalue weighted by Gasteiger charge is -2.22. The number of rotatable bonds is 7. The molecular formula is C21H26N2O2. The van der Waals surface area contributed by atoms with Crippen LogP contribution in [-0.2, 0) is 22.6 Å². The molecule has 3 rings (SSSR count). The Kier molecular flexibility index (Phi) is 6.60. The van der Waals surface area contributed by atoms with Gasteiger partial charge in [0.05, 0.1) is 19.3 Å². The zero-order chi connectivity index (χ0) is 17.3. The number of carbonyl (C=O) groups excluding carboxylic acids is 1. The highest BCUT2D eigenvalue weighted by molar-refractivity contribution is 5.94. The first-order valence-electron chi connectivity index (χ1n) is 9.06. The van der Waals surface area contributed by atoms with E-state index < -0.39 is 0 Å². The molecule has 132 valence electrons.